The molecular weight excluding hydrogens is 154 g/mol. The van der Waals surface area contributed by atoms with Gasteiger partial charge in [0.2, 0.25) is 0 Å². The Morgan fingerprint density at radius 3 is 3.00 bits per heavy atom. The highest BCUT2D eigenvalue weighted by Gasteiger charge is 2.24. The summed E-state index contributed by atoms with van der Waals surface area (Å²) in [6.07, 6.45) is 3.62. The minimum Gasteiger partial charge on any atom is -0.459 e. The van der Waals surface area contributed by atoms with Gasteiger partial charge in [-0.3, -0.25) is 0 Å². The van der Waals surface area contributed by atoms with Crippen molar-refractivity contribution in [3.8, 4) is 0 Å². The fourth-order valence-electron chi connectivity index (χ4n) is 1.15. The molecule has 3 nitrogen and oxygen atoms in total. The number of nitrogens with one attached hydrogen (secondary N) is 1. The molecular formula is C9H15NO2. The van der Waals surface area contributed by atoms with Crippen molar-refractivity contribution in [3.63, 3.8) is 0 Å². The van der Waals surface area contributed by atoms with Crippen LogP contribution in [0.5, 0.6) is 0 Å². The first kappa shape index (κ1) is 9.10. The average molecular weight is 169 g/mol. The van der Waals surface area contributed by atoms with Crippen LogP contribution in [0.15, 0.2) is 11.8 Å². The van der Waals surface area contributed by atoms with Crippen LogP contribution < -0.4 is 5.32 Å². The molecule has 0 aromatic rings. The molecule has 68 valence electrons. The molecule has 1 atom stereocenters. The van der Waals surface area contributed by atoms with E-state index in [-0.39, 0.29) is 12.1 Å². The van der Waals surface area contributed by atoms with E-state index in [9.17, 15) is 4.79 Å². The molecule has 0 aromatic carbocycles. The highest BCUT2D eigenvalue weighted by molar-refractivity contribution is 5.90. The molecule has 1 N–H and O–H groups in total. The molecule has 0 aromatic heterocycles. The molecule has 0 spiro atoms. The van der Waals surface area contributed by atoms with Crippen LogP contribution in [-0.4, -0.2) is 18.6 Å². The molecule has 0 bridgehead atoms. The molecule has 1 saturated heterocycles. The van der Waals surface area contributed by atoms with Gasteiger partial charge in [-0.05, 0) is 13.3 Å². The zero-order chi connectivity index (χ0) is 8.97. The fourth-order valence-corrected chi connectivity index (χ4v) is 1.15. The Labute approximate surface area is 72.8 Å². The van der Waals surface area contributed by atoms with Gasteiger partial charge >= 0.3 is 5.97 Å². The van der Waals surface area contributed by atoms with E-state index in [1.165, 1.54) is 0 Å². The molecule has 1 fully saturated rings. The summed E-state index contributed by atoms with van der Waals surface area (Å²) in [5, 5.41) is 3.07. The summed E-state index contributed by atoms with van der Waals surface area (Å²) in [6, 6.07) is 0. The van der Waals surface area contributed by atoms with E-state index in [4.69, 9.17) is 4.74 Å². The molecule has 0 aliphatic carbocycles. The minimum atomic E-state index is -0.175. The average Bonchev–Trinajstić information content (AvgIpc) is 2.31. The zero-order valence-electron chi connectivity index (χ0n) is 7.59. The Balaban J connectivity index is 2.41. The maximum atomic E-state index is 11.0. The number of carbonyl (C=O) groups is 1. The third-order valence-corrected chi connectivity index (χ3v) is 1.75. The van der Waals surface area contributed by atoms with Crippen LogP contribution in [0.1, 0.15) is 26.7 Å². The molecule has 0 saturated carbocycles. The number of hydrogen-bond donors (Lipinski definition) is 1. The van der Waals surface area contributed by atoms with Crippen LogP contribution in [0.25, 0.3) is 0 Å². The summed E-state index contributed by atoms with van der Waals surface area (Å²) in [5.41, 5.74) is 0.760. The van der Waals surface area contributed by atoms with Gasteiger partial charge in [-0.25, -0.2) is 4.79 Å². The van der Waals surface area contributed by atoms with Crippen molar-refractivity contribution >= 4 is 5.97 Å². The maximum absolute atomic E-state index is 11.0. The van der Waals surface area contributed by atoms with Gasteiger partial charge in [0.05, 0.1) is 5.57 Å². The van der Waals surface area contributed by atoms with Crippen molar-refractivity contribution < 1.29 is 9.53 Å². The topological polar surface area (TPSA) is 38.3 Å². The maximum Gasteiger partial charge on any atom is 0.335 e. The minimum absolute atomic E-state index is 0.0483. The van der Waals surface area contributed by atoms with Gasteiger partial charge in [-0.15, -0.1) is 0 Å². The van der Waals surface area contributed by atoms with Gasteiger partial charge < -0.3 is 10.1 Å². The van der Waals surface area contributed by atoms with E-state index in [2.05, 4.69) is 12.2 Å². The number of rotatable bonds is 3. The van der Waals surface area contributed by atoms with Crippen LogP contribution >= 0.6 is 0 Å². The second-order valence-electron chi connectivity index (χ2n) is 3.04. The highest BCUT2D eigenvalue weighted by atomic mass is 16.5. The third kappa shape index (κ3) is 2.26. The molecule has 1 unspecified atom stereocenters. The molecule has 1 aliphatic rings. The van der Waals surface area contributed by atoms with Gasteiger partial charge in [-0.2, -0.15) is 0 Å². The Morgan fingerprint density at radius 2 is 2.50 bits per heavy atom. The second kappa shape index (κ2) is 4.14. The largest absolute Gasteiger partial charge is 0.459 e. The number of carbonyl (C=O) groups excluding carboxylic acids is 1. The monoisotopic (exact) mass is 169 g/mol. The normalized spacial score (nSPS) is 26.0. The lowest BCUT2D eigenvalue weighted by atomic mass is 10.2. The van der Waals surface area contributed by atoms with Crippen molar-refractivity contribution in [3.05, 3.63) is 11.8 Å². The van der Waals surface area contributed by atoms with E-state index >= 15 is 0 Å². The predicted molar refractivity (Wildman–Crippen MR) is 46.5 cm³/mol. The van der Waals surface area contributed by atoms with E-state index in [0.29, 0.717) is 0 Å². The Kier molecular flexibility index (Phi) is 3.14. The van der Waals surface area contributed by atoms with Crippen LogP contribution in [0.4, 0.5) is 0 Å². The molecule has 12 heavy (non-hydrogen) atoms. The number of hydrogen-bond acceptors (Lipinski definition) is 3. The zero-order valence-corrected chi connectivity index (χ0v) is 7.59. The van der Waals surface area contributed by atoms with E-state index in [1.54, 1.807) is 6.20 Å². The quantitative estimate of drug-likeness (QED) is 0.392. The summed E-state index contributed by atoms with van der Waals surface area (Å²) in [6.45, 7) is 4.89. The molecule has 0 amide bonds. The van der Waals surface area contributed by atoms with Gasteiger partial charge in [-0.1, -0.05) is 6.92 Å². The molecule has 1 rings (SSSR count). The molecule has 1 heterocycles. The third-order valence-electron chi connectivity index (χ3n) is 1.75. The summed E-state index contributed by atoms with van der Waals surface area (Å²) < 4.78 is 4.96. The fraction of sp³-hybridized carbons (Fsp3) is 0.667. The van der Waals surface area contributed by atoms with Crippen molar-refractivity contribution in [2.75, 3.05) is 6.54 Å². The first-order valence-electron chi connectivity index (χ1n) is 4.37. The molecule has 1 aliphatic heterocycles. The van der Waals surface area contributed by atoms with Crippen LogP contribution in [0.2, 0.25) is 0 Å². The first-order chi connectivity index (χ1) is 5.74. The Hall–Kier alpha value is -0.990. The number of ether oxygens (including phenoxy) is 1. The van der Waals surface area contributed by atoms with Crippen molar-refractivity contribution in [1.29, 1.82) is 0 Å². The standard InChI is InChI=1S/C9H15NO2/c1-3-4-10-6-8-5-7(2)12-9(8)11/h6-7,10H,3-5H2,1-2H3/b8-6-. The lowest BCUT2D eigenvalue weighted by molar-refractivity contribution is -0.138. The predicted octanol–water partition coefficient (Wildman–Crippen LogP) is 1.21. The van der Waals surface area contributed by atoms with Crippen LogP contribution in [0.3, 0.4) is 0 Å². The van der Waals surface area contributed by atoms with E-state index in [0.717, 1.165) is 25.0 Å². The van der Waals surface area contributed by atoms with Gasteiger partial charge in [0.25, 0.3) is 0 Å². The van der Waals surface area contributed by atoms with Crippen molar-refractivity contribution in [2.24, 2.45) is 0 Å². The second-order valence-corrected chi connectivity index (χ2v) is 3.04. The lowest BCUT2D eigenvalue weighted by Crippen LogP contribution is -2.08. The molecule has 0 radical (unpaired) electrons. The Bertz CT molecular complexity index is 199. The van der Waals surface area contributed by atoms with E-state index in [1.807, 2.05) is 6.92 Å². The lowest BCUT2D eigenvalue weighted by Gasteiger charge is -1.96. The number of cyclic esters (lactones) is 1. The van der Waals surface area contributed by atoms with Crippen LogP contribution in [-0.2, 0) is 9.53 Å². The SMILES string of the molecule is CCCN/C=C1/CC(C)OC1=O. The summed E-state index contributed by atoms with van der Waals surface area (Å²) in [5.74, 6) is -0.175. The highest BCUT2D eigenvalue weighted by Crippen LogP contribution is 2.18. The molecule has 3 heteroatoms. The van der Waals surface area contributed by atoms with Crippen molar-refractivity contribution in [2.45, 2.75) is 32.8 Å². The van der Waals surface area contributed by atoms with Crippen molar-refractivity contribution in [1.82, 2.24) is 5.32 Å². The summed E-state index contributed by atoms with van der Waals surface area (Å²) in [7, 11) is 0. The van der Waals surface area contributed by atoms with E-state index < -0.39 is 0 Å². The first-order valence-corrected chi connectivity index (χ1v) is 4.37. The summed E-state index contributed by atoms with van der Waals surface area (Å²) in [4.78, 5) is 11.0. The smallest absolute Gasteiger partial charge is 0.335 e. The Morgan fingerprint density at radius 1 is 1.75 bits per heavy atom. The summed E-state index contributed by atoms with van der Waals surface area (Å²) >= 11 is 0. The van der Waals surface area contributed by atoms with Gasteiger partial charge in [0.1, 0.15) is 6.10 Å². The van der Waals surface area contributed by atoms with Crippen LogP contribution in [0, 0.1) is 0 Å². The number of esters is 1. The van der Waals surface area contributed by atoms with Gasteiger partial charge in [0, 0.05) is 19.2 Å². The van der Waals surface area contributed by atoms with Gasteiger partial charge in [0.15, 0.2) is 0 Å².